The normalized spacial score (nSPS) is 10.8. The van der Waals surface area contributed by atoms with Crippen LogP contribution in [-0.2, 0) is 0 Å². The number of nitrogens with one attached hydrogen (secondary N) is 1. The summed E-state index contributed by atoms with van der Waals surface area (Å²) in [7, 11) is 0. The summed E-state index contributed by atoms with van der Waals surface area (Å²) in [5.41, 5.74) is -2.69. The highest BCUT2D eigenvalue weighted by atomic mass is 19.3. The maximum atomic E-state index is 12.4. The van der Waals surface area contributed by atoms with Crippen LogP contribution in [0.3, 0.4) is 0 Å². The van der Waals surface area contributed by atoms with Gasteiger partial charge in [-0.15, -0.1) is 0 Å². The van der Waals surface area contributed by atoms with E-state index in [1.165, 1.54) is 4.98 Å². The lowest BCUT2D eigenvalue weighted by Crippen LogP contribution is -2.14. The Bertz CT molecular complexity index is 346. The van der Waals surface area contributed by atoms with E-state index in [0.29, 0.717) is 0 Å². The van der Waals surface area contributed by atoms with Crippen molar-refractivity contribution in [2.45, 2.75) is 6.43 Å². The van der Waals surface area contributed by atoms with Crippen LogP contribution in [0.25, 0.3) is 0 Å². The maximum absolute atomic E-state index is 12.4. The minimum absolute atomic E-state index is 0.268. The van der Waals surface area contributed by atoms with Gasteiger partial charge in [-0.2, -0.15) is 8.78 Å². The number of aromatic amines is 1. The quantitative estimate of drug-likeness (QED) is 0.517. The Labute approximate surface area is 63.8 Å². The van der Waals surface area contributed by atoms with Gasteiger partial charge in [-0.25, -0.2) is 8.78 Å². The molecule has 0 aliphatic rings. The van der Waals surface area contributed by atoms with E-state index in [-0.39, 0.29) is 6.07 Å². The third-order valence-corrected chi connectivity index (χ3v) is 1.21. The van der Waals surface area contributed by atoms with E-state index in [0.717, 1.165) is 0 Å². The van der Waals surface area contributed by atoms with Crippen molar-refractivity contribution in [2.75, 3.05) is 0 Å². The summed E-state index contributed by atoms with van der Waals surface area (Å²) < 4.78 is 48.2. The molecule has 0 unspecified atom stereocenters. The van der Waals surface area contributed by atoms with Crippen LogP contribution in [0.5, 0.6) is 0 Å². The summed E-state index contributed by atoms with van der Waals surface area (Å²) in [5, 5.41) is 0. The molecule has 1 N–H and O–H groups in total. The molecule has 12 heavy (non-hydrogen) atoms. The summed E-state index contributed by atoms with van der Waals surface area (Å²) in [6.07, 6.45) is -3.24. The molecule has 66 valence electrons. The third kappa shape index (κ3) is 1.46. The molecule has 0 saturated carbocycles. The van der Waals surface area contributed by atoms with Crippen molar-refractivity contribution in [3.63, 3.8) is 0 Å². The van der Waals surface area contributed by atoms with E-state index in [1.807, 2.05) is 0 Å². The Hall–Kier alpha value is -1.33. The van der Waals surface area contributed by atoms with Gasteiger partial charge in [0.05, 0.1) is 0 Å². The van der Waals surface area contributed by atoms with Gasteiger partial charge in [-0.1, -0.05) is 0 Å². The molecule has 0 spiro atoms. The number of rotatable bonds is 1. The lowest BCUT2D eigenvalue weighted by Gasteiger charge is -1.99. The first-order valence-electron chi connectivity index (χ1n) is 2.88. The third-order valence-electron chi connectivity index (χ3n) is 1.21. The number of alkyl halides is 2. The Balaban J connectivity index is 3.39. The molecule has 0 saturated heterocycles. The Morgan fingerprint density at radius 1 is 1.33 bits per heavy atom. The standard InChI is InChI=1S/C6H3F4NO/c7-3-1-2(12)4(5(8)9)6(10)11-3/h1,5H,(H,11,12). The topological polar surface area (TPSA) is 32.9 Å². The molecular weight excluding hydrogens is 178 g/mol. The Morgan fingerprint density at radius 2 is 1.92 bits per heavy atom. The van der Waals surface area contributed by atoms with Crippen LogP contribution in [0.15, 0.2) is 10.9 Å². The second kappa shape index (κ2) is 2.96. The molecule has 0 atom stereocenters. The minimum atomic E-state index is -3.24. The predicted octanol–water partition coefficient (Wildman–Crippen LogP) is 1.59. The fraction of sp³-hybridized carbons (Fsp3) is 0.167. The zero-order chi connectivity index (χ0) is 9.30. The van der Waals surface area contributed by atoms with Crippen LogP contribution in [0.1, 0.15) is 12.0 Å². The molecule has 1 aromatic heterocycles. The molecule has 0 aliphatic heterocycles. The lowest BCUT2D eigenvalue weighted by molar-refractivity contribution is 0.143. The number of hydrogen-bond donors (Lipinski definition) is 1. The molecule has 0 radical (unpaired) electrons. The minimum Gasteiger partial charge on any atom is -0.308 e. The number of hydrogen-bond acceptors (Lipinski definition) is 1. The average molecular weight is 181 g/mol. The fourth-order valence-electron chi connectivity index (χ4n) is 0.713. The van der Waals surface area contributed by atoms with Gasteiger partial charge in [0.2, 0.25) is 5.95 Å². The SMILES string of the molecule is O=c1cc(F)[nH]c(F)c1C(F)F. The van der Waals surface area contributed by atoms with Crippen molar-refractivity contribution < 1.29 is 17.6 Å². The van der Waals surface area contributed by atoms with Crippen LogP contribution in [0.4, 0.5) is 17.6 Å². The molecule has 0 amide bonds. The Morgan fingerprint density at radius 3 is 2.33 bits per heavy atom. The second-order valence-electron chi connectivity index (χ2n) is 2.01. The van der Waals surface area contributed by atoms with Gasteiger partial charge in [0.1, 0.15) is 5.56 Å². The maximum Gasteiger partial charge on any atom is 0.271 e. The van der Waals surface area contributed by atoms with E-state index in [9.17, 15) is 22.4 Å². The van der Waals surface area contributed by atoms with Crippen LogP contribution < -0.4 is 5.43 Å². The molecule has 0 aromatic carbocycles. The van der Waals surface area contributed by atoms with E-state index < -0.39 is 29.3 Å². The first kappa shape index (κ1) is 8.76. The highest BCUT2D eigenvalue weighted by Crippen LogP contribution is 2.16. The summed E-state index contributed by atoms with van der Waals surface area (Å²) in [6.45, 7) is 0. The van der Waals surface area contributed by atoms with Crippen molar-refractivity contribution in [3.05, 3.63) is 33.7 Å². The van der Waals surface area contributed by atoms with E-state index >= 15 is 0 Å². The number of pyridine rings is 1. The number of halogens is 4. The molecule has 6 heteroatoms. The molecule has 0 bridgehead atoms. The van der Waals surface area contributed by atoms with E-state index in [4.69, 9.17) is 0 Å². The van der Waals surface area contributed by atoms with Gasteiger partial charge in [-0.3, -0.25) is 4.79 Å². The van der Waals surface area contributed by atoms with Crippen LogP contribution >= 0.6 is 0 Å². The zero-order valence-corrected chi connectivity index (χ0v) is 5.57. The highest BCUT2D eigenvalue weighted by molar-refractivity contribution is 5.13. The zero-order valence-electron chi connectivity index (χ0n) is 5.57. The monoisotopic (exact) mass is 181 g/mol. The summed E-state index contributed by atoms with van der Waals surface area (Å²) >= 11 is 0. The van der Waals surface area contributed by atoms with Gasteiger partial charge in [-0.05, 0) is 0 Å². The van der Waals surface area contributed by atoms with Crippen molar-refractivity contribution in [1.29, 1.82) is 0 Å². The molecule has 1 heterocycles. The van der Waals surface area contributed by atoms with Gasteiger partial charge in [0.25, 0.3) is 6.43 Å². The molecule has 2 nitrogen and oxygen atoms in total. The summed E-state index contributed by atoms with van der Waals surface area (Å²) in [6, 6.07) is 0.268. The van der Waals surface area contributed by atoms with Crippen molar-refractivity contribution >= 4 is 0 Å². The molecule has 1 aromatic rings. The van der Waals surface area contributed by atoms with Crippen molar-refractivity contribution in [1.82, 2.24) is 4.98 Å². The summed E-state index contributed by atoms with van der Waals surface area (Å²) in [5.74, 6) is -2.91. The van der Waals surface area contributed by atoms with Gasteiger partial charge >= 0.3 is 0 Å². The van der Waals surface area contributed by atoms with E-state index in [1.54, 1.807) is 0 Å². The molecule has 0 aliphatic carbocycles. The fourth-order valence-corrected chi connectivity index (χ4v) is 0.713. The lowest BCUT2D eigenvalue weighted by atomic mass is 10.3. The van der Waals surface area contributed by atoms with Crippen LogP contribution in [0, 0.1) is 11.9 Å². The largest absolute Gasteiger partial charge is 0.308 e. The first-order chi connectivity index (χ1) is 5.52. The van der Waals surface area contributed by atoms with Crippen molar-refractivity contribution in [2.24, 2.45) is 0 Å². The smallest absolute Gasteiger partial charge is 0.271 e. The average Bonchev–Trinajstić information content (AvgIpc) is 1.82. The number of H-pyrrole nitrogens is 1. The summed E-state index contributed by atoms with van der Waals surface area (Å²) in [4.78, 5) is 11.9. The second-order valence-corrected chi connectivity index (χ2v) is 2.01. The molecular formula is C6H3F4NO. The van der Waals surface area contributed by atoms with Gasteiger partial charge in [0.15, 0.2) is 11.4 Å². The van der Waals surface area contributed by atoms with E-state index in [2.05, 4.69) is 0 Å². The molecule has 1 rings (SSSR count). The number of aromatic nitrogens is 1. The van der Waals surface area contributed by atoms with Gasteiger partial charge in [0, 0.05) is 6.07 Å². The van der Waals surface area contributed by atoms with Crippen LogP contribution in [0.2, 0.25) is 0 Å². The Kier molecular flexibility index (Phi) is 2.16. The van der Waals surface area contributed by atoms with Crippen molar-refractivity contribution in [3.8, 4) is 0 Å². The first-order valence-corrected chi connectivity index (χ1v) is 2.88. The highest BCUT2D eigenvalue weighted by Gasteiger charge is 2.18. The molecule has 0 fully saturated rings. The van der Waals surface area contributed by atoms with Crippen LogP contribution in [-0.4, -0.2) is 4.98 Å². The predicted molar refractivity (Wildman–Crippen MR) is 31.9 cm³/mol. The van der Waals surface area contributed by atoms with Gasteiger partial charge < -0.3 is 4.98 Å².